The maximum atomic E-state index is 12.6. The van der Waals surface area contributed by atoms with Gasteiger partial charge in [0.05, 0.1) is 5.52 Å². The maximum Gasteiger partial charge on any atom is 0.197 e. The van der Waals surface area contributed by atoms with Crippen molar-refractivity contribution < 1.29 is 0 Å². The van der Waals surface area contributed by atoms with Crippen LogP contribution >= 0.6 is 15.9 Å². The highest BCUT2D eigenvalue weighted by atomic mass is 79.9. The average molecular weight is 314 g/mol. The number of hydrogen-bond donors (Lipinski definition) is 0. The summed E-state index contributed by atoms with van der Waals surface area (Å²) in [6.45, 7) is 0. The molecule has 0 aliphatic carbocycles. The Balaban J connectivity index is 2.40. The molecule has 3 aromatic rings. The molecule has 3 heteroatoms. The molecule has 0 aliphatic heterocycles. The van der Waals surface area contributed by atoms with Crippen LogP contribution in [0.4, 0.5) is 0 Å². The van der Waals surface area contributed by atoms with Crippen LogP contribution in [0.25, 0.3) is 22.0 Å². The number of aromatic nitrogens is 1. The lowest BCUT2D eigenvalue weighted by molar-refractivity contribution is 0.952. The van der Waals surface area contributed by atoms with Gasteiger partial charge in [-0.3, -0.25) is 4.79 Å². The first-order chi connectivity index (χ1) is 9.16. The SMILES string of the molecule is Cn1cc(-c2ccccc2)c(=O)c2cc(Br)ccc21. The van der Waals surface area contributed by atoms with Crippen LogP contribution in [0.5, 0.6) is 0 Å². The molecule has 0 saturated heterocycles. The summed E-state index contributed by atoms with van der Waals surface area (Å²) in [6.07, 6.45) is 1.90. The fraction of sp³-hybridized carbons (Fsp3) is 0.0625. The van der Waals surface area contributed by atoms with Crippen LogP contribution in [0.1, 0.15) is 0 Å². The molecule has 0 radical (unpaired) electrons. The molecule has 0 atom stereocenters. The Kier molecular flexibility index (Phi) is 2.99. The first kappa shape index (κ1) is 12.2. The van der Waals surface area contributed by atoms with Crippen LogP contribution in [0, 0.1) is 0 Å². The molecule has 0 aliphatic rings. The summed E-state index contributed by atoms with van der Waals surface area (Å²) >= 11 is 3.42. The van der Waals surface area contributed by atoms with Gasteiger partial charge in [0.2, 0.25) is 0 Å². The van der Waals surface area contributed by atoms with Crippen LogP contribution < -0.4 is 5.43 Å². The van der Waals surface area contributed by atoms with Crippen molar-refractivity contribution in [2.24, 2.45) is 7.05 Å². The molecular formula is C16H12BrNO. The molecule has 1 aromatic heterocycles. The van der Waals surface area contributed by atoms with Gasteiger partial charge in [-0.15, -0.1) is 0 Å². The number of halogens is 1. The van der Waals surface area contributed by atoms with Crippen LogP contribution in [0.3, 0.4) is 0 Å². The number of fused-ring (bicyclic) bond motifs is 1. The Labute approximate surface area is 119 Å². The van der Waals surface area contributed by atoms with Gasteiger partial charge in [0.25, 0.3) is 0 Å². The molecule has 2 nitrogen and oxygen atoms in total. The Morgan fingerprint density at radius 3 is 2.53 bits per heavy atom. The number of pyridine rings is 1. The molecule has 0 saturated carbocycles. The summed E-state index contributed by atoms with van der Waals surface area (Å²) in [5, 5.41) is 0.734. The first-order valence-electron chi connectivity index (χ1n) is 6.01. The van der Waals surface area contributed by atoms with Crippen LogP contribution in [0.15, 0.2) is 64.0 Å². The number of nitrogens with zero attached hydrogens (tertiary/aromatic N) is 1. The lowest BCUT2D eigenvalue weighted by atomic mass is 10.0. The van der Waals surface area contributed by atoms with Gasteiger partial charge < -0.3 is 4.57 Å². The molecule has 0 spiro atoms. The molecule has 1 heterocycles. The highest BCUT2D eigenvalue weighted by Gasteiger charge is 2.09. The van der Waals surface area contributed by atoms with Crippen molar-refractivity contribution in [3.05, 3.63) is 69.4 Å². The van der Waals surface area contributed by atoms with E-state index in [1.807, 2.05) is 66.3 Å². The van der Waals surface area contributed by atoms with Gasteiger partial charge in [-0.05, 0) is 23.8 Å². The standard InChI is InChI=1S/C16H12BrNO/c1-18-10-14(11-5-3-2-4-6-11)16(19)13-9-12(17)7-8-15(13)18/h2-10H,1H3. The second-order valence-corrected chi connectivity index (χ2v) is 5.43. The van der Waals surface area contributed by atoms with E-state index in [1.54, 1.807) is 0 Å². The van der Waals surface area contributed by atoms with E-state index in [1.165, 1.54) is 0 Å². The molecule has 0 unspecified atom stereocenters. The van der Waals surface area contributed by atoms with Gasteiger partial charge in [-0.1, -0.05) is 46.3 Å². The molecule has 0 N–H and O–H groups in total. The summed E-state index contributed by atoms with van der Waals surface area (Å²) in [4.78, 5) is 12.6. The molecular weight excluding hydrogens is 302 g/mol. The second-order valence-electron chi connectivity index (χ2n) is 4.51. The molecule has 0 bridgehead atoms. The predicted octanol–water partition coefficient (Wildman–Crippen LogP) is 3.97. The van der Waals surface area contributed by atoms with Crippen molar-refractivity contribution in [3.63, 3.8) is 0 Å². The zero-order chi connectivity index (χ0) is 13.4. The summed E-state index contributed by atoms with van der Waals surface area (Å²) in [7, 11) is 1.96. The van der Waals surface area contributed by atoms with E-state index in [9.17, 15) is 4.79 Å². The van der Waals surface area contributed by atoms with E-state index in [0.29, 0.717) is 0 Å². The fourth-order valence-electron chi connectivity index (χ4n) is 2.29. The summed E-state index contributed by atoms with van der Waals surface area (Å²) < 4.78 is 2.91. The van der Waals surface area contributed by atoms with E-state index in [-0.39, 0.29) is 5.43 Å². The summed E-state index contributed by atoms with van der Waals surface area (Å²) in [6, 6.07) is 15.5. The van der Waals surface area contributed by atoms with Gasteiger partial charge in [-0.25, -0.2) is 0 Å². The Morgan fingerprint density at radius 2 is 1.79 bits per heavy atom. The Hall–Kier alpha value is -1.87. The van der Waals surface area contributed by atoms with Crippen LogP contribution in [-0.2, 0) is 7.05 Å². The fourth-order valence-corrected chi connectivity index (χ4v) is 2.65. The summed E-state index contributed by atoms with van der Waals surface area (Å²) in [5.74, 6) is 0. The number of rotatable bonds is 1. The molecule has 0 fully saturated rings. The zero-order valence-corrected chi connectivity index (χ0v) is 12.0. The number of aryl methyl sites for hydroxylation is 1. The lowest BCUT2D eigenvalue weighted by Crippen LogP contribution is -2.10. The Morgan fingerprint density at radius 1 is 1.05 bits per heavy atom. The third-order valence-corrected chi connectivity index (χ3v) is 3.73. The number of hydrogen-bond acceptors (Lipinski definition) is 1. The maximum absolute atomic E-state index is 12.6. The van der Waals surface area contributed by atoms with E-state index in [0.717, 1.165) is 26.5 Å². The normalized spacial score (nSPS) is 10.8. The average Bonchev–Trinajstić information content (AvgIpc) is 2.43. The quantitative estimate of drug-likeness (QED) is 0.666. The Bertz CT molecular complexity index is 806. The van der Waals surface area contributed by atoms with Gasteiger partial charge >= 0.3 is 0 Å². The highest BCUT2D eigenvalue weighted by Crippen LogP contribution is 2.21. The largest absolute Gasteiger partial charge is 0.350 e. The van der Waals surface area contributed by atoms with Gasteiger partial charge in [0.1, 0.15) is 0 Å². The second kappa shape index (κ2) is 4.67. The third kappa shape index (κ3) is 2.10. The third-order valence-electron chi connectivity index (χ3n) is 3.24. The molecule has 94 valence electrons. The van der Waals surface area contributed by atoms with Crippen LogP contribution in [0.2, 0.25) is 0 Å². The predicted molar refractivity (Wildman–Crippen MR) is 82.3 cm³/mol. The van der Waals surface area contributed by atoms with Crippen LogP contribution in [-0.4, -0.2) is 4.57 Å². The number of benzene rings is 2. The van der Waals surface area contributed by atoms with E-state index < -0.39 is 0 Å². The van der Waals surface area contributed by atoms with E-state index >= 15 is 0 Å². The minimum atomic E-state index is 0.0700. The lowest BCUT2D eigenvalue weighted by Gasteiger charge is -2.09. The molecule has 3 rings (SSSR count). The van der Waals surface area contributed by atoms with Crippen molar-refractivity contribution in [1.29, 1.82) is 0 Å². The van der Waals surface area contributed by atoms with Gasteiger partial charge in [-0.2, -0.15) is 0 Å². The molecule has 19 heavy (non-hydrogen) atoms. The van der Waals surface area contributed by atoms with Gasteiger partial charge in [0, 0.05) is 28.7 Å². The minimum absolute atomic E-state index is 0.0700. The van der Waals surface area contributed by atoms with Gasteiger partial charge in [0.15, 0.2) is 5.43 Å². The van der Waals surface area contributed by atoms with Crippen molar-refractivity contribution >= 4 is 26.8 Å². The highest BCUT2D eigenvalue weighted by molar-refractivity contribution is 9.10. The van der Waals surface area contributed by atoms with Crippen molar-refractivity contribution in [3.8, 4) is 11.1 Å². The van der Waals surface area contributed by atoms with Crippen molar-refractivity contribution in [2.45, 2.75) is 0 Å². The van der Waals surface area contributed by atoms with Crippen molar-refractivity contribution in [1.82, 2.24) is 4.57 Å². The summed E-state index contributed by atoms with van der Waals surface area (Å²) in [5.41, 5.74) is 2.69. The van der Waals surface area contributed by atoms with E-state index in [2.05, 4.69) is 15.9 Å². The first-order valence-corrected chi connectivity index (χ1v) is 6.80. The molecule has 0 amide bonds. The molecule has 2 aromatic carbocycles. The van der Waals surface area contributed by atoms with Crippen molar-refractivity contribution in [2.75, 3.05) is 0 Å². The topological polar surface area (TPSA) is 22.0 Å². The monoisotopic (exact) mass is 313 g/mol. The minimum Gasteiger partial charge on any atom is -0.350 e. The zero-order valence-electron chi connectivity index (χ0n) is 10.4. The van der Waals surface area contributed by atoms with E-state index in [4.69, 9.17) is 0 Å². The smallest absolute Gasteiger partial charge is 0.197 e.